The van der Waals surface area contributed by atoms with Gasteiger partial charge >= 0.3 is 0 Å². The highest BCUT2D eigenvalue weighted by atomic mass is 32.1. The van der Waals surface area contributed by atoms with E-state index in [4.69, 9.17) is 28.4 Å². The van der Waals surface area contributed by atoms with E-state index in [1.165, 1.54) is 12.4 Å². The van der Waals surface area contributed by atoms with Crippen LogP contribution in [0.4, 0.5) is 5.82 Å². The molecule has 1 amide bonds. The van der Waals surface area contributed by atoms with Crippen molar-refractivity contribution in [1.82, 2.24) is 9.97 Å². The monoisotopic (exact) mass is 255 g/mol. The molecule has 0 radical (unpaired) electrons. The maximum atomic E-state index is 10.4. The summed E-state index contributed by atoms with van der Waals surface area (Å²) in [7, 11) is 0. The first-order valence-corrected chi connectivity index (χ1v) is 5.23. The maximum absolute atomic E-state index is 10.4. The number of ether oxygens (including phenoxy) is 1. The topological polar surface area (TPSA) is 116 Å². The number of amides is 1. The second-order valence-electron chi connectivity index (χ2n) is 3.06. The van der Waals surface area contributed by atoms with Gasteiger partial charge in [-0.15, -0.1) is 0 Å². The third kappa shape index (κ3) is 4.70. The number of hydrogen-bond acceptors (Lipinski definition) is 6. The van der Waals surface area contributed by atoms with Crippen LogP contribution in [-0.2, 0) is 9.53 Å². The molecule has 17 heavy (non-hydrogen) atoms. The predicted octanol–water partition coefficient (Wildman–Crippen LogP) is -0.975. The SMILES string of the molecule is NC(=O)COCCNc1nccnc1C(N)=S. The lowest BCUT2D eigenvalue weighted by atomic mass is 10.4. The van der Waals surface area contributed by atoms with Gasteiger partial charge in [0.2, 0.25) is 5.91 Å². The first-order chi connectivity index (χ1) is 8.11. The molecule has 1 heterocycles. The van der Waals surface area contributed by atoms with Crippen molar-refractivity contribution in [2.24, 2.45) is 11.5 Å². The molecule has 0 saturated heterocycles. The van der Waals surface area contributed by atoms with E-state index in [1.54, 1.807) is 0 Å². The number of nitrogens with zero attached hydrogens (tertiary/aromatic N) is 2. The van der Waals surface area contributed by atoms with Crippen LogP contribution < -0.4 is 16.8 Å². The van der Waals surface area contributed by atoms with E-state index in [1.807, 2.05) is 0 Å². The number of primary amides is 1. The summed E-state index contributed by atoms with van der Waals surface area (Å²) >= 11 is 4.83. The zero-order valence-corrected chi connectivity index (χ0v) is 9.87. The molecule has 1 rings (SSSR count). The van der Waals surface area contributed by atoms with Crippen LogP contribution in [0.25, 0.3) is 0 Å². The molecular weight excluding hydrogens is 242 g/mol. The summed E-state index contributed by atoms with van der Waals surface area (Å²) in [6, 6.07) is 0. The van der Waals surface area contributed by atoms with Crippen LogP contribution in [0.15, 0.2) is 12.4 Å². The quantitative estimate of drug-likeness (QED) is 0.423. The molecule has 5 N–H and O–H groups in total. The number of aromatic nitrogens is 2. The van der Waals surface area contributed by atoms with E-state index < -0.39 is 5.91 Å². The van der Waals surface area contributed by atoms with Crippen LogP contribution in [0.3, 0.4) is 0 Å². The Morgan fingerprint density at radius 2 is 2.12 bits per heavy atom. The lowest BCUT2D eigenvalue weighted by Crippen LogP contribution is -2.22. The second kappa shape index (κ2) is 6.71. The molecule has 92 valence electrons. The predicted molar refractivity (Wildman–Crippen MR) is 66.4 cm³/mol. The molecule has 1 aromatic rings. The van der Waals surface area contributed by atoms with E-state index in [0.29, 0.717) is 24.7 Å². The van der Waals surface area contributed by atoms with Gasteiger partial charge in [0.25, 0.3) is 0 Å². The number of hydrogen-bond donors (Lipinski definition) is 3. The smallest absolute Gasteiger partial charge is 0.243 e. The van der Waals surface area contributed by atoms with Gasteiger partial charge in [0.1, 0.15) is 17.3 Å². The molecule has 0 aliphatic heterocycles. The summed E-state index contributed by atoms with van der Waals surface area (Å²) in [6.07, 6.45) is 3.03. The first-order valence-electron chi connectivity index (χ1n) is 4.82. The van der Waals surface area contributed by atoms with Gasteiger partial charge in [0.15, 0.2) is 5.82 Å². The van der Waals surface area contributed by atoms with Crippen molar-refractivity contribution in [3.63, 3.8) is 0 Å². The van der Waals surface area contributed by atoms with E-state index in [2.05, 4.69) is 15.3 Å². The van der Waals surface area contributed by atoms with Gasteiger partial charge in [-0.3, -0.25) is 4.79 Å². The fourth-order valence-electron chi connectivity index (χ4n) is 1.06. The van der Waals surface area contributed by atoms with Crippen molar-refractivity contribution >= 4 is 28.9 Å². The van der Waals surface area contributed by atoms with Crippen LogP contribution in [0, 0.1) is 0 Å². The maximum Gasteiger partial charge on any atom is 0.243 e. The third-order valence-electron chi connectivity index (χ3n) is 1.71. The number of anilines is 1. The van der Waals surface area contributed by atoms with Crippen LogP contribution in [0.2, 0.25) is 0 Å². The molecule has 0 bridgehead atoms. The first kappa shape index (κ1) is 13.3. The Morgan fingerprint density at radius 1 is 1.41 bits per heavy atom. The summed E-state index contributed by atoms with van der Waals surface area (Å²) in [4.78, 5) is 18.6. The standard InChI is InChI=1S/C9H13N5O2S/c10-6(15)5-16-4-3-14-9-7(8(11)17)12-1-2-13-9/h1-2H,3-5H2,(H2,10,15)(H2,11,17)(H,13,14). The summed E-state index contributed by atoms with van der Waals surface area (Å²) in [5.74, 6) is -0.0176. The molecular formula is C9H13N5O2S. The Labute approximate surface area is 104 Å². The normalized spacial score (nSPS) is 9.88. The van der Waals surface area contributed by atoms with Crippen LogP contribution in [-0.4, -0.2) is 40.6 Å². The Balaban J connectivity index is 2.41. The Morgan fingerprint density at radius 3 is 2.76 bits per heavy atom. The lowest BCUT2D eigenvalue weighted by molar-refractivity contribution is -0.122. The van der Waals surface area contributed by atoms with Crippen molar-refractivity contribution in [3.8, 4) is 0 Å². The number of nitrogens with two attached hydrogens (primary N) is 2. The number of nitrogens with one attached hydrogen (secondary N) is 1. The van der Waals surface area contributed by atoms with E-state index in [-0.39, 0.29) is 11.6 Å². The summed E-state index contributed by atoms with van der Waals surface area (Å²) in [5, 5.41) is 2.95. The Bertz CT molecular complexity index is 412. The summed E-state index contributed by atoms with van der Waals surface area (Å²) in [6.45, 7) is 0.655. The summed E-state index contributed by atoms with van der Waals surface area (Å²) < 4.78 is 4.97. The molecule has 0 fully saturated rings. The fraction of sp³-hybridized carbons (Fsp3) is 0.333. The zero-order chi connectivity index (χ0) is 12.7. The number of carbonyl (C=O) groups is 1. The van der Waals surface area contributed by atoms with E-state index >= 15 is 0 Å². The lowest BCUT2D eigenvalue weighted by Gasteiger charge is -2.08. The average molecular weight is 255 g/mol. The van der Waals surface area contributed by atoms with Crippen molar-refractivity contribution in [2.75, 3.05) is 25.1 Å². The largest absolute Gasteiger partial charge is 0.388 e. The van der Waals surface area contributed by atoms with Crippen molar-refractivity contribution in [3.05, 3.63) is 18.1 Å². The van der Waals surface area contributed by atoms with Gasteiger partial charge in [0, 0.05) is 18.9 Å². The minimum absolute atomic E-state index is 0.107. The van der Waals surface area contributed by atoms with Crippen molar-refractivity contribution in [2.45, 2.75) is 0 Å². The molecule has 0 aliphatic rings. The van der Waals surface area contributed by atoms with Crippen molar-refractivity contribution < 1.29 is 9.53 Å². The van der Waals surface area contributed by atoms with Crippen LogP contribution in [0.1, 0.15) is 5.69 Å². The molecule has 8 heteroatoms. The minimum atomic E-state index is -0.506. The van der Waals surface area contributed by atoms with Gasteiger partial charge in [-0.25, -0.2) is 9.97 Å². The summed E-state index contributed by atoms with van der Waals surface area (Å²) in [5.41, 5.74) is 10.8. The highest BCUT2D eigenvalue weighted by Gasteiger charge is 2.06. The minimum Gasteiger partial charge on any atom is -0.388 e. The van der Waals surface area contributed by atoms with Gasteiger partial charge < -0.3 is 21.5 Å². The Kier molecular flexibility index (Phi) is 5.24. The van der Waals surface area contributed by atoms with Gasteiger partial charge in [-0.2, -0.15) is 0 Å². The molecule has 0 aliphatic carbocycles. The average Bonchev–Trinajstić information content (AvgIpc) is 2.28. The fourth-order valence-corrected chi connectivity index (χ4v) is 1.21. The third-order valence-corrected chi connectivity index (χ3v) is 1.91. The molecule has 0 spiro atoms. The number of thiocarbonyl (C=S) groups is 1. The highest BCUT2D eigenvalue weighted by Crippen LogP contribution is 2.06. The molecule has 0 unspecified atom stereocenters. The molecule has 0 saturated carbocycles. The zero-order valence-electron chi connectivity index (χ0n) is 9.05. The molecule has 0 atom stereocenters. The second-order valence-corrected chi connectivity index (χ2v) is 3.50. The molecule has 1 aromatic heterocycles. The van der Waals surface area contributed by atoms with Gasteiger partial charge in [0.05, 0.1) is 6.61 Å². The molecule has 0 aromatic carbocycles. The number of carbonyl (C=O) groups excluding carboxylic acids is 1. The Hall–Kier alpha value is -1.80. The van der Waals surface area contributed by atoms with Crippen molar-refractivity contribution in [1.29, 1.82) is 0 Å². The van der Waals surface area contributed by atoms with E-state index in [0.717, 1.165) is 0 Å². The number of rotatable bonds is 7. The van der Waals surface area contributed by atoms with E-state index in [9.17, 15) is 4.79 Å². The highest BCUT2D eigenvalue weighted by molar-refractivity contribution is 7.80. The van der Waals surface area contributed by atoms with Crippen LogP contribution in [0.5, 0.6) is 0 Å². The van der Waals surface area contributed by atoms with Gasteiger partial charge in [-0.1, -0.05) is 12.2 Å². The van der Waals surface area contributed by atoms with Gasteiger partial charge in [-0.05, 0) is 0 Å². The van der Waals surface area contributed by atoms with Crippen LogP contribution >= 0.6 is 12.2 Å². The molecule has 7 nitrogen and oxygen atoms in total.